The van der Waals surface area contributed by atoms with Crippen molar-refractivity contribution >= 4 is 6.03 Å². The zero-order chi connectivity index (χ0) is 13.5. The van der Waals surface area contributed by atoms with Crippen molar-refractivity contribution in [3.05, 3.63) is 35.9 Å². The van der Waals surface area contributed by atoms with Crippen molar-refractivity contribution in [3.8, 4) is 0 Å². The zero-order valence-electron chi connectivity index (χ0n) is 11.3. The summed E-state index contributed by atoms with van der Waals surface area (Å²) < 4.78 is 5.58. The molecule has 1 aliphatic heterocycles. The highest BCUT2D eigenvalue weighted by atomic mass is 16.5. The molecule has 0 bridgehead atoms. The van der Waals surface area contributed by atoms with Crippen LogP contribution >= 0.6 is 0 Å². The molecule has 1 saturated heterocycles. The molecule has 5 nitrogen and oxygen atoms in total. The Labute approximate surface area is 113 Å². The molecule has 104 valence electrons. The number of hydrogen-bond donors (Lipinski definition) is 2. The molecule has 1 fully saturated rings. The second kappa shape index (κ2) is 7.11. The van der Waals surface area contributed by atoms with Crippen LogP contribution < -0.4 is 10.6 Å². The van der Waals surface area contributed by atoms with Gasteiger partial charge in [0.05, 0.1) is 12.7 Å². The number of rotatable bonds is 4. The van der Waals surface area contributed by atoms with Crippen LogP contribution in [-0.4, -0.2) is 50.3 Å². The SMILES string of the molecule is CNCC1CN(C(=O)NCc2ccccc2)CCO1. The van der Waals surface area contributed by atoms with Crippen LogP contribution in [-0.2, 0) is 11.3 Å². The second-order valence-electron chi connectivity index (χ2n) is 4.64. The van der Waals surface area contributed by atoms with E-state index in [2.05, 4.69) is 10.6 Å². The first-order chi connectivity index (χ1) is 9.29. The largest absolute Gasteiger partial charge is 0.373 e. The lowest BCUT2D eigenvalue weighted by molar-refractivity contribution is -0.0120. The van der Waals surface area contributed by atoms with Crippen LogP contribution in [0.2, 0.25) is 0 Å². The number of carbonyl (C=O) groups excluding carboxylic acids is 1. The Hall–Kier alpha value is -1.59. The van der Waals surface area contributed by atoms with Crippen molar-refractivity contribution in [2.45, 2.75) is 12.6 Å². The van der Waals surface area contributed by atoms with Crippen molar-refractivity contribution in [2.75, 3.05) is 33.3 Å². The van der Waals surface area contributed by atoms with Gasteiger partial charge in [0.15, 0.2) is 0 Å². The molecule has 1 aromatic rings. The Morgan fingerprint density at radius 1 is 1.42 bits per heavy atom. The molecule has 0 saturated carbocycles. The smallest absolute Gasteiger partial charge is 0.317 e. The summed E-state index contributed by atoms with van der Waals surface area (Å²) in [7, 11) is 1.89. The van der Waals surface area contributed by atoms with Gasteiger partial charge in [-0.1, -0.05) is 30.3 Å². The van der Waals surface area contributed by atoms with Gasteiger partial charge < -0.3 is 20.3 Å². The van der Waals surface area contributed by atoms with Gasteiger partial charge in [0.2, 0.25) is 0 Å². The van der Waals surface area contributed by atoms with E-state index in [4.69, 9.17) is 4.74 Å². The number of carbonyl (C=O) groups is 1. The molecule has 19 heavy (non-hydrogen) atoms. The van der Waals surface area contributed by atoms with Crippen molar-refractivity contribution < 1.29 is 9.53 Å². The minimum atomic E-state index is -0.0201. The Kier molecular flexibility index (Phi) is 5.18. The Bertz CT molecular complexity index is 395. The highest BCUT2D eigenvalue weighted by Gasteiger charge is 2.23. The molecular weight excluding hydrogens is 242 g/mol. The number of urea groups is 1. The maximum Gasteiger partial charge on any atom is 0.317 e. The van der Waals surface area contributed by atoms with Crippen LogP contribution in [0.4, 0.5) is 4.79 Å². The van der Waals surface area contributed by atoms with E-state index in [-0.39, 0.29) is 12.1 Å². The third-order valence-electron chi connectivity index (χ3n) is 3.14. The average Bonchev–Trinajstić information content (AvgIpc) is 2.46. The van der Waals surface area contributed by atoms with Crippen LogP contribution in [0.1, 0.15) is 5.56 Å². The standard InChI is InChI=1S/C14H21N3O2/c1-15-10-13-11-17(7-8-19-13)14(18)16-9-12-5-3-2-4-6-12/h2-6,13,15H,7-11H2,1H3,(H,16,18). The van der Waals surface area contributed by atoms with Crippen LogP contribution in [0.15, 0.2) is 30.3 Å². The van der Waals surface area contributed by atoms with Crippen LogP contribution in [0.5, 0.6) is 0 Å². The molecule has 0 aromatic heterocycles. The summed E-state index contributed by atoms with van der Waals surface area (Å²) in [4.78, 5) is 13.9. The summed E-state index contributed by atoms with van der Waals surface area (Å²) in [6.45, 7) is 3.23. The maximum atomic E-state index is 12.1. The molecule has 2 rings (SSSR count). The Morgan fingerprint density at radius 3 is 2.95 bits per heavy atom. The number of ether oxygens (including phenoxy) is 1. The number of benzene rings is 1. The summed E-state index contributed by atoms with van der Waals surface area (Å²) >= 11 is 0. The first kappa shape index (κ1) is 13.8. The molecule has 2 amide bonds. The number of morpholine rings is 1. The molecule has 2 N–H and O–H groups in total. The van der Waals surface area contributed by atoms with Gasteiger partial charge in [-0.3, -0.25) is 0 Å². The third-order valence-corrected chi connectivity index (χ3v) is 3.14. The number of amides is 2. The fourth-order valence-electron chi connectivity index (χ4n) is 2.14. The number of hydrogen-bond acceptors (Lipinski definition) is 3. The molecular formula is C14H21N3O2. The average molecular weight is 263 g/mol. The molecule has 1 aliphatic rings. The van der Waals surface area contributed by atoms with Gasteiger partial charge >= 0.3 is 6.03 Å². The highest BCUT2D eigenvalue weighted by molar-refractivity contribution is 5.74. The molecule has 1 atom stereocenters. The summed E-state index contributed by atoms with van der Waals surface area (Å²) in [5.74, 6) is 0. The lowest BCUT2D eigenvalue weighted by Crippen LogP contribution is -2.51. The minimum Gasteiger partial charge on any atom is -0.373 e. The number of nitrogens with one attached hydrogen (secondary N) is 2. The van der Waals surface area contributed by atoms with E-state index in [1.807, 2.05) is 42.3 Å². The van der Waals surface area contributed by atoms with Crippen LogP contribution in [0.3, 0.4) is 0 Å². The van der Waals surface area contributed by atoms with Gasteiger partial charge in [-0.15, -0.1) is 0 Å². The van der Waals surface area contributed by atoms with E-state index in [0.29, 0.717) is 26.2 Å². The third kappa shape index (κ3) is 4.22. The molecule has 0 aliphatic carbocycles. The van der Waals surface area contributed by atoms with Crippen molar-refractivity contribution in [1.29, 1.82) is 0 Å². The lowest BCUT2D eigenvalue weighted by atomic mass is 10.2. The summed E-state index contributed by atoms with van der Waals surface area (Å²) in [5.41, 5.74) is 1.11. The fraction of sp³-hybridized carbons (Fsp3) is 0.500. The molecule has 1 heterocycles. The predicted molar refractivity (Wildman–Crippen MR) is 73.9 cm³/mol. The quantitative estimate of drug-likeness (QED) is 0.845. The minimum absolute atomic E-state index is 0.0201. The van der Waals surface area contributed by atoms with Gasteiger partial charge in [0, 0.05) is 26.2 Å². The molecule has 0 spiro atoms. The van der Waals surface area contributed by atoms with E-state index >= 15 is 0 Å². The molecule has 0 radical (unpaired) electrons. The first-order valence-corrected chi connectivity index (χ1v) is 6.62. The summed E-state index contributed by atoms with van der Waals surface area (Å²) in [6.07, 6.45) is 0.0845. The second-order valence-corrected chi connectivity index (χ2v) is 4.64. The summed E-state index contributed by atoms with van der Waals surface area (Å²) in [6, 6.07) is 9.90. The lowest BCUT2D eigenvalue weighted by Gasteiger charge is -2.32. The molecule has 1 unspecified atom stereocenters. The van der Waals surface area contributed by atoms with Gasteiger partial charge in [0.25, 0.3) is 0 Å². The summed E-state index contributed by atoms with van der Waals surface area (Å²) in [5, 5.41) is 6.01. The van der Waals surface area contributed by atoms with Gasteiger partial charge in [0.1, 0.15) is 0 Å². The van der Waals surface area contributed by atoms with Crippen molar-refractivity contribution in [3.63, 3.8) is 0 Å². The van der Waals surface area contributed by atoms with Crippen molar-refractivity contribution in [1.82, 2.24) is 15.5 Å². The van der Waals surface area contributed by atoms with E-state index in [9.17, 15) is 4.79 Å². The maximum absolute atomic E-state index is 12.1. The molecule has 5 heteroatoms. The zero-order valence-corrected chi connectivity index (χ0v) is 11.3. The monoisotopic (exact) mass is 263 g/mol. The number of nitrogens with zero attached hydrogens (tertiary/aromatic N) is 1. The fourth-order valence-corrected chi connectivity index (χ4v) is 2.14. The van der Waals surface area contributed by atoms with Crippen LogP contribution in [0, 0.1) is 0 Å². The van der Waals surface area contributed by atoms with E-state index in [1.165, 1.54) is 0 Å². The Morgan fingerprint density at radius 2 is 2.21 bits per heavy atom. The topological polar surface area (TPSA) is 53.6 Å². The first-order valence-electron chi connectivity index (χ1n) is 6.62. The van der Waals surface area contributed by atoms with E-state index in [1.54, 1.807) is 0 Å². The highest BCUT2D eigenvalue weighted by Crippen LogP contribution is 2.05. The normalized spacial score (nSPS) is 19.2. The molecule has 1 aromatic carbocycles. The van der Waals surface area contributed by atoms with E-state index < -0.39 is 0 Å². The number of likely N-dealkylation sites (N-methyl/N-ethyl adjacent to an activating group) is 1. The Balaban J connectivity index is 1.79. The van der Waals surface area contributed by atoms with Gasteiger partial charge in [-0.2, -0.15) is 0 Å². The predicted octanol–water partition coefficient (Wildman–Crippen LogP) is 0.816. The van der Waals surface area contributed by atoms with Gasteiger partial charge in [-0.05, 0) is 12.6 Å². The van der Waals surface area contributed by atoms with Crippen molar-refractivity contribution in [2.24, 2.45) is 0 Å². The van der Waals surface area contributed by atoms with Gasteiger partial charge in [-0.25, -0.2) is 4.79 Å². The van der Waals surface area contributed by atoms with Crippen LogP contribution in [0.25, 0.3) is 0 Å². The van der Waals surface area contributed by atoms with E-state index in [0.717, 1.165) is 12.1 Å².